The van der Waals surface area contributed by atoms with Crippen molar-refractivity contribution >= 4 is 21.6 Å². The molecule has 104 valence electrons. The van der Waals surface area contributed by atoms with Crippen molar-refractivity contribution in [2.45, 2.75) is 32.1 Å². The molecule has 0 saturated carbocycles. The van der Waals surface area contributed by atoms with Gasteiger partial charge in [0.2, 0.25) is 5.88 Å². The number of halogens is 1. The summed E-state index contributed by atoms with van der Waals surface area (Å²) in [5.41, 5.74) is 8.79. The number of hydrogen-bond acceptors (Lipinski definition) is 4. The topological polar surface area (TPSA) is 61.0 Å². The van der Waals surface area contributed by atoms with E-state index < -0.39 is 0 Å². The molecule has 20 heavy (non-hydrogen) atoms. The van der Waals surface area contributed by atoms with E-state index in [-0.39, 0.29) is 0 Å². The van der Waals surface area contributed by atoms with Gasteiger partial charge in [-0.25, -0.2) is 9.97 Å². The second-order valence-corrected chi connectivity index (χ2v) is 5.72. The van der Waals surface area contributed by atoms with Gasteiger partial charge in [-0.3, -0.25) is 0 Å². The van der Waals surface area contributed by atoms with Gasteiger partial charge in [0.05, 0.1) is 10.2 Å². The maximum atomic E-state index is 5.97. The van der Waals surface area contributed by atoms with Crippen molar-refractivity contribution < 1.29 is 4.74 Å². The van der Waals surface area contributed by atoms with Crippen LogP contribution in [0.1, 0.15) is 30.5 Å². The molecule has 0 aliphatic heterocycles. The van der Waals surface area contributed by atoms with Gasteiger partial charge in [0.15, 0.2) is 0 Å². The number of benzene rings is 1. The van der Waals surface area contributed by atoms with E-state index in [0.29, 0.717) is 17.3 Å². The van der Waals surface area contributed by atoms with E-state index in [4.69, 9.17) is 10.5 Å². The van der Waals surface area contributed by atoms with Crippen LogP contribution in [0.3, 0.4) is 0 Å². The van der Waals surface area contributed by atoms with Crippen molar-refractivity contribution in [3.63, 3.8) is 0 Å². The van der Waals surface area contributed by atoms with Crippen molar-refractivity contribution in [3.8, 4) is 11.6 Å². The van der Waals surface area contributed by atoms with Crippen molar-refractivity contribution in [1.82, 2.24) is 9.97 Å². The van der Waals surface area contributed by atoms with E-state index in [0.717, 1.165) is 35.0 Å². The van der Waals surface area contributed by atoms with E-state index in [1.165, 1.54) is 12.8 Å². The largest absolute Gasteiger partial charge is 0.437 e. The lowest BCUT2D eigenvalue weighted by molar-refractivity contribution is 0.450. The summed E-state index contributed by atoms with van der Waals surface area (Å²) in [7, 11) is 0. The second-order valence-electron chi connectivity index (χ2n) is 4.93. The number of aryl methyl sites for hydroxylation is 1. The lowest BCUT2D eigenvalue weighted by atomic mass is 10.1. The minimum atomic E-state index is 0.655. The summed E-state index contributed by atoms with van der Waals surface area (Å²) >= 11 is 3.46. The van der Waals surface area contributed by atoms with Gasteiger partial charge in [-0.15, -0.1) is 0 Å². The molecule has 0 bridgehead atoms. The fourth-order valence-electron chi connectivity index (χ4n) is 2.47. The lowest BCUT2D eigenvalue weighted by Gasteiger charge is -2.13. The van der Waals surface area contributed by atoms with Gasteiger partial charge >= 0.3 is 0 Å². The standard InChI is InChI=1S/C15H16BrN3O/c16-14-11(17)6-4-8-13(14)20-15-10-5-2-1-3-7-12(10)18-9-19-15/h4,6,8-9H,1-3,5,7,17H2. The third kappa shape index (κ3) is 2.63. The zero-order valence-electron chi connectivity index (χ0n) is 11.1. The summed E-state index contributed by atoms with van der Waals surface area (Å²) in [6, 6.07) is 5.58. The van der Waals surface area contributed by atoms with E-state index in [1.54, 1.807) is 6.33 Å². The number of anilines is 1. The Kier molecular flexibility index (Phi) is 3.87. The number of nitrogen functional groups attached to an aromatic ring is 1. The van der Waals surface area contributed by atoms with Crippen molar-refractivity contribution in [1.29, 1.82) is 0 Å². The van der Waals surface area contributed by atoms with E-state index in [9.17, 15) is 0 Å². The Bertz CT molecular complexity index is 631. The molecule has 4 nitrogen and oxygen atoms in total. The summed E-state index contributed by atoms with van der Waals surface area (Å²) < 4.78 is 6.73. The van der Waals surface area contributed by atoms with Gasteiger partial charge in [-0.05, 0) is 53.7 Å². The number of nitrogens with zero attached hydrogens (tertiary/aromatic N) is 2. The third-order valence-corrected chi connectivity index (χ3v) is 4.38. The Morgan fingerprint density at radius 1 is 1.10 bits per heavy atom. The van der Waals surface area contributed by atoms with Crippen LogP contribution in [0.2, 0.25) is 0 Å². The van der Waals surface area contributed by atoms with Crippen LogP contribution in [0.5, 0.6) is 11.6 Å². The maximum Gasteiger partial charge on any atom is 0.225 e. The molecule has 1 aliphatic rings. The van der Waals surface area contributed by atoms with Crippen LogP contribution < -0.4 is 10.5 Å². The zero-order chi connectivity index (χ0) is 13.9. The number of aromatic nitrogens is 2. The first-order valence-electron chi connectivity index (χ1n) is 6.80. The molecule has 0 spiro atoms. The molecule has 0 fully saturated rings. The minimum Gasteiger partial charge on any atom is -0.437 e. The number of fused-ring (bicyclic) bond motifs is 1. The predicted molar refractivity (Wildman–Crippen MR) is 81.9 cm³/mol. The molecule has 0 amide bonds. The smallest absolute Gasteiger partial charge is 0.225 e. The van der Waals surface area contributed by atoms with Gasteiger partial charge in [-0.1, -0.05) is 12.5 Å². The predicted octanol–water partition coefficient (Wildman–Crippen LogP) is 3.88. The first-order valence-corrected chi connectivity index (χ1v) is 7.59. The second kappa shape index (κ2) is 5.79. The molecular weight excluding hydrogens is 318 g/mol. The third-order valence-electron chi connectivity index (χ3n) is 3.54. The van der Waals surface area contributed by atoms with E-state index in [1.807, 2.05) is 18.2 Å². The monoisotopic (exact) mass is 333 g/mol. The van der Waals surface area contributed by atoms with Crippen LogP contribution in [-0.2, 0) is 12.8 Å². The molecule has 3 rings (SSSR count). The van der Waals surface area contributed by atoms with Crippen LogP contribution in [0.25, 0.3) is 0 Å². The summed E-state index contributed by atoms with van der Waals surface area (Å²) in [4.78, 5) is 8.70. The van der Waals surface area contributed by atoms with E-state index in [2.05, 4.69) is 25.9 Å². The van der Waals surface area contributed by atoms with Gasteiger partial charge < -0.3 is 10.5 Å². The zero-order valence-corrected chi connectivity index (χ0v) is 12.7. The molecule has 2 aromatic rings. The average Bonchev–Trinajstić information content (AvgIpc) is 2.70. The lowest BCUT2D eigenvalue weighted by Crippen LogP contribution is -2.02. The molecular formula is C15H16BrN3O. The van der Waals surface area contributed by atoms with Crippen LogP contribution in [0, 0.1) is 0 Å². The molecule has 0 radical (unpaired) electrons. The van der Waals surface area contributed by atoms with Gasteiger partial charge in [0.25, 0.3) is 0 Å². The van der Waals surface area contributed by atoms with Crippen LogP contribution in [0.15, 0.2) is 29.0 Å². The summed E-state index contributed by atoms with van der Waals surface area (Å²) in [5, 5.41) is 0. The average molecular weight is 334 g/mol. The molecule has 1 aromatic heterocycles. The Balaban J connectivity index is 1.97. The number of rotatable bonds is 2. The highest BCUT2D eigenvalue weighted by Gasteiger charge is 2.17. The molecule has 0 saturated heterocycles. The Hall–Kier alpha value is -1.62. The number of ether oxygens (including phenoxy) is 1. The molecule has 1 heterocycles. The molecule has 0 atom stereocenters. The Morgan fingerprint density at radius 3 is 2.85 bits per heavy atom. The van der Waals surface area contributed by atoms with Crippen LogP contribution in [0.4, 0.5) is 5.69 Å². The molecule has 5 heteroatoms. The van der Waals surface area contributed by atoms with Crippen LogP contribution in [-0.4, -0.2) is 9.97 Å². The van der Waals surface area contributed by atoms with Crippen molar-refractivity contribution in [2.75, 3.05) is 5.73 Å². The first-order chi connectivity index (χ1) is 9.75. The quantitative estimate of drug-likeness (QED) is 0.669. The van der Waals surface area contributed by atoms with Crippen LogP contribution >= 0.6 is 15.9 Å². The molecule has 1 aliphatic carbocycles. The number of hydrogen-bond donors (Lipinski definition) is 1. The summed E-state index contributed by atoms with van der Waals surface area (Å²) in [6.45, 7) is 0. The minimum absolute atomic E-state index is 0.655. The highest BCUT2D eigenvalue weighted by molar-refractivity contribution is 9.10. The summed E-state index contributed by atoms with van der Waals surface area (Å²) in [5.74, 6) is 1.35. The van der Waals surface area contributed by atoms with Crippen molar-refractivity contribution in [3.05, 3.63) is 40.3 Å². The normalized spacial score (nSPS) is 14.4. The van der Waals surface area contributed by atoms with Crippen molar-refractivity contribution in [2.24, 2.45) is 0 Å². The van der Waals surface area contributed by atoms with Gasteiger partial charge in [0.1, 0.15) is 12.1 Å². The summed E-state index contributed by atoms with van der Waals surface area (Å²) in [6.07, 6.45) is 7.15. The Labute approximate surface area is 126 Å². The SMILES string of the molecule is Nc1cccc(Oc2ncnc3c2CCCCC3)c1Br. The fraction of sp³-hybridized carbons (Fsp3) is 0.333. The Morgan fingerprint density at radius 2 is 1.95 bits per heavy atom. The highest BCUT2D eigenvalue weighted by Crippen LogP contribution is 2.35. The molecule has 0 unspecified atom stereocenters. The molecule has 1 aromatic carbocycles. The first kappa shape index (κ1) is 13.4. The highest BCUT2D eigenvalue weighted by atomic mass is 79.9. The maximum absolute atomic E-state index is 5.97. The van der Waals surface area contributed by atoms with Gasteiger partial charge in [-0.2, -0.15) is 0 Å². The molecule has 2 N–H and O–H groups in total. The fourth-order valence-corrected chi connectivity index (χ4v) is 2.81. The number of nitrogens with two attached hydrogens (primary N) is 1. The van der Waals surface area contributed by atoms with E-state index >= 15 is 0 Å². The van der Waals surface area contributed by atoms with Gasteiger partial charge in [0, 0.05) is 11.3 Å².